The molecule has 208 valence electrons. The van der Waals surface area contributed by atoms with Crippen molar-refractivity contribution < 1.29 is 33.0 Å². The van der Waals surface area contributed by atoms with Gasteiger partial charge in [0, 0.05) is 12.6 Å². The number of aliphatic hydroxyl groups excluding tert-OH is 1. The van der Waals surface area contributed by atoms with Crippen LogP contribution < -0.4 is 21.0 Å². The molecule has 39 heavy (non-hydrogen) atoms. The molecule has 0 bridgehead atoms. The third-order valence-corrected chi connectivity index (χ3v) is 9.29. The van der Waals surface area contributed by atoms with Crippen molar-refractivity contribution in [3.63, 3.8) is 0 Å². The second kappa shape index (κ2) is 11.9. The van der Waals surface area contributed by atoms with Gasteiger partial charge in [0.1, 0.15) is 28.6 Å². The Morgan fingerprint density at radius 2 is 1.85 bits per heavy atom. The molecule has 0 saturated carbocycles. The van der Waals surface area contributed by atoms with Crippen LogP contribution in [0.15, 0.2) is 77.7 Å². The maximum absolute atomic E-state index is 15.0. The van der Waals surface area contributed by atoms with E-state index < -0.39 is 54.5 Å². The highest BCUT2D eigenvalue weighted by Gasteiger charge is 2.48. The van der Waals surface area contributed by atoms with E-state index in [1.54, 1.807) is 48.5 Å². The minimum atomic E-state index is -4.44. The third kappa shape index (κ3) is 6.87. The summed E-state index contributed by atoms with van der Waals surface area (Å²) in [6.07, 6.45) is -2.25. The number of alkyl halides is 1. The summed E-state index contributed by atoms with van der Waals surface area (Å²) in [6.45, 7) is 0.859. The molecule has 4 rings (SSSR count). The number of benzene rings is 2. The van der Waals surface area contributed by atoms with Gasteiger partial charge in [-0.15, -0.1) is 11.8 Å². The summed E-state index contributed by atoms with van der Waals surface area (Å²) in [5, 5.41) is 21.0. The SMILES string of the molecule is C[C@@](Cc1ccccc1)(NP(=O)(OC[C@H]1S[C@@H](n2ccc(N)nc2=O)[C@@H](F)[C@@H]1O)Oc1ccccc1)C(=O)O. The van der Waals surface area contributed by atoms with E-state index in [2.05, 4.69) is 10.1 Å². The summed E-state index contributed by atoms with van der Waals surface area (Å²) in [7, 11) is -4.44. The molecule has 0 aliphatic carbocycles. The molecule has 1 saturated heterocycles. The molecule has 1 fully saturated rings. The zero-order valence-electron chi connectivity index (χ0n) is 20.8. The number of nitrogen functional groups attached to an aromatic ring is 1. The van der Waals surface area contributed by atoms with E-state index in [0.29, 0.717) is 5.56 Å². The number of halogens is 1. The number of rotatable bonds is 11. The van der Waals surface area contributed by atoms with Crippen LogP contribution in [0, 0.1) is 0 Å². The van der Waals surface area contributed by atoms with Gasteiger partial charge in [-0.2, -0.15) is 10.1 Å². The lowest BCUT2D eigenvalue weighted by molar-refractivity contribution is -0.143. The number of aromatic nitrogens is 2. The number of hydrogen-bond donors (Lipinski definition) is 4. The summed E-state index contributed by atoms with van der Waals surface area (Å²) in [5.74, 6) is -1.19. The fourth-order valence-electron chi connectivity index (χ4n) is 4.03. The van der Waals surface area contributed by atoms with Crippen molar-refractivity contribution in [2.75, 3.05) is 12.3 Å². The summed E-state index contributed by atoms with van der Waals surface area (Å²) in [4.78, 5) is 28.1. The maximum Gasteiger partial charge on any atom is 0.459 e. The normalized spacial score (nSPS) is 24.0. The Hall–Kier alpha value is -3.22. The summed E-state index contributed by atoms with van der Waals surface area (Å²) >= 11 is 0.885. The van der Waals surface area contributed by atoms with Gasteiger partial charge < -0.3 is 20.5 Å². The first-order chi connectivity index (χ1) is 18.5. The van der Waals surface area contributed by atoms with Gasteiger partial charge in [-0.1, -0.05) is 48.5 Å². The molecule has 2 aromatic carbocycles. The Morgan fingerprint density at radius 3 is 2.46 bits per heavy atom. The van der Waals surface area contributed by atoms with Crippen LogP contribution in [0.5, 0.6) is 5.75 Å². The first-order valence-electron chi connectivity index (χ1n) is 11.9. The number of aliphatic hydroxyl groups is 1. The molecule has 0 radical (unpaired) electrons. The Balaban J connectivity index is 1.56. The molecular weight excluding hydrogens is 550 g/mol. The predicted octanol–water partition coefficient (Wildman–Crippen LogP) is 3.02. The van der Waals surface area contributed by atoms with Crippen molar-refractivity contribution in [2.24, 2.45) is 0 Å². The number of para-hydroxylation sites is 1. The van der Waals surface area contributed by atoms with Gasteiger partial charge in [-0.25, -0.2) is 13.8 Å². The number of carboxylic acids is 1. The average molecular weight is 579 g/mol. The molecule has 0 spiro atoms. The zero-order chi connectivity index (χ0) is 28.2. The van der Waals surface area contributed by atoms with Crippen molar-refractivity contribution in [2.45, 2.75) is 41.8 Å². The molecule has 2 heterocycles. The quantitative estimate of drug-likeness (QED) is 0.247. The minimum absolute atomic E-state index is 0.0304. The second-order valence-electron chi connectivity index (χ2n) is 9.15. The molecule has 3 aromatic rings. The van der Waals surface area contributed by atoms with Crippen LogP contribution in [0.4, 0.5) is 10.2 Å². The molecule has 5 N–H and O–H groups in total. The van der Waals surface area contributed by atoms with E-state index in [-0.39, 0.29) is 18.0 Å². The number of carbonyl (C=O) groups is 1. The monoisotopic (exact) mass is 578 g/mol. The van der Waals surface area contributed by atoms with Crippen molar-refractivity contribution in [3.05, 3.63) is 89.0 Å². The lowest BCUT2D eigenvalue weighted by Crippen LogP contribution is -2.50. The topological polar surface area (TPSA) is 166 Å². The Kier molecular flexibility index (Phi) is 8.77. The number of nitrogens with two attached hydrogens (primary N) is 1. The smallest absolute Gasteiger partial charge is 0.459 e. The van der Waals surface area contributed by atoms with E-state index in [1.165, 1.54) is 31.3 Å². The molecule has 0 amide bonds. The van der Waals surface area contributed by atoms with Crippen LogP contribution in [-0.2, 0) is 20.3 Å². The van der Waals surface area contributed by atoms with Gasteiger partial charge in [0.2, 0.25) is 0 Å². The van der Waals surface area contributed by atoms with E-state index in [1.807, 2.05) is 0 Å². The van der Waals surface area contributed by atoms with Crippen LogP contribution in [-0.4, -0.2) is 55.4 Å². The van der Waals surface area contributed by atoms with Crippen LogP contribution >= 0.6 is 19.5 Å². The van der Waals surface area contributed by atoms with Gasteiger partial charge in [0.15, 0.2) is 6.17 Å². The number of thioether (sulfide) groups is 1. The average Bonchev–Trinajstić information content (AvgIpc) is 3.17. The summed E-state index contributed by atoms with van der Waals surface area (Å²) < 4.78 is 41.3. The van der Waals surface area contributed by atoms with Gasteiger partial charge in [0.25, 0.3) is 0 Å². The van der Waals surface area contributed by atoms with E-state index in [4.69, 9.17) is 14.8 Å². The number of aliphatic carboxylic acids is 1. The highest BCUT2D eigenvalue weighted by Crippen LogP contribution is 2.50. The van der Waals surface area contributed by atoms with E-state index in [9.17, 15) is 24.4 Å². The molecule has 1 unspecified atom stereocenters. The zero-order valence-corrected chi connectivity index (χ0v) is 22.5. The first-order valence-corrected chi connectivity index (χ1v) is 14.4. The molecule has 1 aliphatic heterocycles. The third-order valence-electron chi connectivity index (χ3n) is 6.05. The Bertz CT molecular complexity index is 1400. The van der Waals surface area contributed by atoms with Crippen molar-refractivity contribution in [3.8, 4) is 5.75 Å². The predicted molar refractivity (Wildman–Crippen MR) is 144 cm³/mol. The number of carboxylic acid groups (broad SMARTS) is 1. The first kappa shape index (κ1) is 28.8. The molecular formula is C25H28FN4O7PS. The highest BCUT2D eigenvalue weighted by molar-refractivity contribution is 8.00. The maximum atomic E-state index is 15.0. The lowest BCUT2D eigenvalue weighted by Gasteiger charge is -2.31. The minimum Gasteiger partial charge on any atom is -0.480 e. The second-order valence-corrected chi connectivity index (χ2v) is 12.2. The number of hydrogen-bond acceptors (Lipinski definition) is 9. The van der Waals surface area contributed by atoms with Crippen LogP contribution in [0.25, 0.3) is 0 Å². The fourth-order valence-corrected chi connectivity index (χ4v) is 7.24. The van der Waals surface area contributed by atoms with Crippen molar-refractivity contribution in [1.82, 2.24) is 14.6 Å². The highest BCUT2D eigenvalue weighted by atomic mass is 32.2. The van der Waals surface area contributed by atoms with Gasteiger partial charge in [-0.3, -0.25) is 13.9 Å². The van der Waals surface area contributed by atoms with Crippen molar-refractivity contribution >= 4 is 31.3 Å². The molecule has 6 atom stereocenters. The molecule has 1 aliphatic rings. The standard InChI is InChI=1S/C25H28FN4O7PS/c1-25(23(32)33,14-16-8-4-2-5-9-16)29-38(35,37-17-10-6-3-7-11-17)36-15-18-21(31)20(26)22(39-18)30-13-12-19(27)28-24(30)34/h2-13,18,20-22,31H,14-15H2,1H3,(H,29,35)(H,32,33)(H2,27,28,34)/t18-,20+,21-,22-,25+,38?/m1/s1. The van der Waals surface area contributed by atoms with E-state index in [0.717, 1.165) is 16.3 Å². The number of anilines is 1. The van der Waals surface area contributed by atoms with Gasteiger partial charge in [0.05, 0.1) is 11.9 Å². The Morgan fingerprint density at radius 1 is 1.21 bits per heavy atom. The van der Waals surface area contributed by atoms with Crippen LogP contribution in [0.1, 0.15) is 17.9 Å². The van der Waals surface area contributed by atoms with Crippen molar-refractivity contribution in [1.29, 1.82) is 0 Å². The molecule has 11 nitrogen and oxygen atoms in total. The van der Waals surface area contributed by atoms with E-state index >= 15 is 4.39 Å². The summed E-state index contributed by atoms with van der Waals surface area (Å²) in [6, 6.07) is 18.1. The molecule has 1 aromatic heterocycles. The number of nitrogens with one attached hydrogen (secondary N) is 1. The summed E-state index contributed by atoms with van der Waals surface area (Å²) in [5.41, 5.74) is 3.59. The largest absolute Gasteiger partial charge is 0.480 e. The number of nitrogens with zero attached hydrogens (tertiary/aromatic N) is 2. The van der Waals surface area contributed by atoms with Gasteiger partial charge >= 0.3 is 19.4 Å². The fraction of sp³-hybridized carbons (Fsp3) is 0.320. The van der Waals surface area contributed by atoms with Gasteiger partial charge in [-0.05, 0) is 30.7 Å². The molecule has 14 heteroatoms. The lowest BCUT2D eigenvalue weighted by atomic mass is 9.94. The Labute approximate surface area is 227 Å². The van der Waals surface area contributed by atoms with Crippen LogP contribution in [0.2, 0.25) is 0 Å². The van der Waals surface area contributed by atoms with Crippen LogP contribution in [0.3, 0.4) is 0 Å².